The Bertz CT molecular complexity index is 357. The summed E-state index contributed by atoms with van der Waals surface area (Å²) in [7, 11) is 0. The Morgan fingerprint density at radius 1 is 1.19 bits per heavy atom. The van der Waals surface area contributed by atoms with Crippen molar-refractivity contribution >= 4 is 24.2 Å². The molecule has 2 aliphatic rings. The highest BCUT2D eigenvalue weighted by molar-refractivity contribution is 5.85. The van der Waals surface area contributed by atoms with E-state index in [1.54, 1.807) is 6.92 Å². The minimum absolute atomic E-state index is 0. The summed E-state index contributed by atoms with van der Waals surface area (Å²) in [6.07, 6.45) is 3.73. The monoisotopic (exact) mass is 317 g/mol. The van der Waals surface area contributed by atoms with Crippen LogP contribution in [0.3, 0.4) is 0 Å². The number of hydrogen-bond donors (Lipinski definition) is 1. The maximum atomic E-state index is 12.3. The molecule has 2 rings (SSSR count). The molecule has 0 aromatic carbocycles. The fourth-order valence-corrected chi connectivity index (χ4v) is 3.22. The van der Waals surface area contributed by atoms with Gasteiger partial charge in [-0.25, -0.2) is 0 Å². The minimum Gasteiger partial charge on any atom is -0.343 e. The van der Waals surface area contributed by atoms with Crippen LogP contribution in [0.1, 0.15) is 39.5 Å². The Hall–Kier alpha value is -0.810. The number of piperidine rings is 1. The Morgan fingerprint density at radius 2 is 1.86 bits per heavy atom. The summed E-state index contributed by atoms with van der Waals surface area (Å²) in [4.78, 5) is 27.5. The van der Waals surface area contributed by atoms with Gasteiger partial charge in [0.05, 0.1) is 0 Å². The number of nitrogens with one attached hydrogen (secondary N) is 1. The molecule has 0 bridgehead atoms. The second-order valence-electron chi connectivity index (χ2n) is 6.13. The number of nitrogens with zero attached hydrogens (tertiary/aromatic N) is 2. The highest BCUT2D eigenvalue weighted by Gasteiger charge is 2.25. The number of hydrogen-bond acceptors (Lipinski definition) is 3. The number of carbonyl (C=O) groups excluding carboxylic acids is 2. The number of carbonyl (C=O) groups is 2. The topological polar surface area (TPSA) is 52.7 Å². The van der Waals surface area contributed by atoms with Gasteiger partial charge in [0.25, 0.3) is 0 Å². The fraction of sp³-hybridized carbons (Fsp3) is 0.867. The zero-order valence-corrected chi connectivity index (χ0v) is 14.0. The molecule has 21 heavy (non-hydrogen) atoms. The third-order valence-electron chi connectivity index (χ3n) is 4.65. The first-order valence-electron chi connectivity index (χ1n) is 7.83. The van der Waals surface area contributed by atoms with Gasteiger partial charge in [-0.1, -0.05) is 0 Å². The van der Waals surface area contributed by atoms with Gasteiger partial charge in [-0.05, 0) is 32.1 Å². The summed E-state index contributed by atoms with van der Waals surface area (Å²) in [6, 6.07) is 0.316. The van der Waals surface area contributed by atoms with Crippen LogP contribution >= 0.6 is 12.4 Å². The maximum Gasteiger partial charge on any atom is 0.222 e. The lowest BCUT2D eigenvalue weighted by Gasteiger charge is -2.35. The minimum atomic E-state index is 0. The Balaban J connectivity index is 0.00000220. The normalized spacial score (nSPS) is 23.6. The summed E-state index contributed by atoms with van der Waals surface area (Å²) < 4.78 is 0. The summed E-state index contributed by atoms with van der Waals surface area (Å²) >= 11 is 0. The van der Waals surface area contributed by atoms with E-state index in [0.29, 0.717) is 24.3 Å². The van der Waals surface area contributed by atoms with Crippen LogP contribution in [0.15, 0.2) is 0 Å². The van der Waals surface area contributed by atoms with Gasteiger partial charge in [0.1, 0.15) is 0 Å². The molecule has 0 radical (unpaired) electrons. The van der Waals surface area contributed by atoms with Gasteiger partial charge in [-0.3, -0.25) is 9.59 Å². The van der Waals surface area contributed by atoms with Gasteiger partial charge in [0.15, 0.2) is 0 Å². The summed E-state index contributed by atoms with van der Waals surface area (Å²) in [5.74, 6) is 1.08. The van der Waals surface area contributed by atoms with E-state index in [4.69, 9.17) is 0 Å². The van der Waals surface area contributed by atoms with Crippen LogP contribution in [-0.4, -0.2) is 60.4 Å². The lowest BCUT2D eigenvalue weighted by molar-refractivity contribution is -0.135. The Labute approximate surface area is 133 Å². The van der Waals surface area contributed by atoms with Crippen molar-refractivity contribution in [2.45, 2.75) is 45.6 Å². The van der Waals surface area contributed by atoms with Crippen LogP contribution in [0.5, 0.6) is 0 Å². The molecule has 2 saturated heterocycles. The third kappa shape index (κ3) is 5.15. The molecule has 1 atom stereocenters. The maximum absolute atomic E-state index is 12.3. The van der Waals surface area contributed by atoms with Crippen LogP contribution < -0.4 is 5.32 Å². The molecule has 5 nitrogen and oxygen atoms in total. The number of halogens is 1. The molecule has 0 aliphatic carbocycles. The average Bonchev–Trinajstić information content (AvgIpc) is 2.45. The molecule has 2 amide bonds. The van der Waals surface area contributed by atoms with E-state index < -0.39 is 0 Å². The first kappa shape index (κ1) is 18.2. The van der Waals surface area contributed by atoms with Gasteiger partial charge in [-0.15, -0.1) is 12.4 Å². The summed E-state index contributed by atoms with van der Waals surface area (Å²) in [6.45, 7) is 8.11. The van der Waals surface area contributed by atoms with Crippen molar-refractivity contribution in [3.8, 4) is 0 Å². The molecular weight excluding hydrogens is 290 g/mol. The van der Waals surface area contributed by atoms with E-state index in [9.17, 15) is 9.59 Å². The largest absolute Gasteiger partial charge is 0.343 e. The zero-order chi connectivity index (χ0) is 14.5. The van der Waals surface area contributed by atoms with E-state index in [1.807, 2.05) is 9.80 Å². The lowest BCUT2D eigenvalue weighted by Crippen LogP contribution is -2.52. The predicted octanol–water partition coefficient (Wildman–Crippen LogP) is 1.27. The van der Waals surface area contributed by atoms with E-state index in [-0.39, 0.29) is 18.3 Å². The third-order valence-corrected chi connectivity index (χ3v) is 4.65. The molecule has 2 aliphatic heterocycles. The number of likely N-dealkylation sites (tertiary alicyclic amines) is 1. The molecule has 0 aromatic rings. The molecule has 122 valence electrons. The van der Waals surface area contributed by atoms with Crippen LogP contribution in [0.4, 0.5) is 0 Å². The zero-order valence-electron chi connectivity index (χ0n) is 13.1. The SMILES string of the molecule is CC(=O)N1CCC(CCC(=O)N2CCNC[C@H]2C)CC1.Cl. The number of amides is 2. The van der Waals surface area contributed by atoms with Crippen molar-refractivity contribution < 1.29 is 9.59 Å². The van der Waals surface area contributed by atoms with Crippen LogP contribution in [0.25, 0.3) is 0 Å². The van der Waals surface area contributed by atoms with Gasteiger partial charge >= 0.3 is 0 Å². The first-order valence-corrected chi connectivity index (χ1v) is 7.83. The Morgan fingerprint density at radius 3 is 2.43 bits per heavy atom. The van der Waals surface area contributed by atoms with Crippen LogP contribution in [-0.2, 0) is 9.59 Å². The van der Waals surface area contributed by atoms with Crippen LogP contribution in [0, 0.1) is 5.92 Å². The molecule has 0 unspecified atom stereocenters. The molecule has 2 fully saturated rings. The Kier molecular flexibility index (Phi) is 7.46. The number of piperazine rings is 1. The predicted molar refractivity (Wildman–Crippen MR) is 85.5 cm³/mol. The van der Waals surface area contributed by atoms with E-state index in [0.717, 1.165) is 52.0 Å². The second kappa shape index (κ2) is 8.59. The van der Waals surface area contributed by atoms with Gasteiger partial charge < -0.3 is 15.1 Å². The molecule has 6 heteroatoms. The highest BCUT2D eigenvalue weighted by atomic mass is 35.5. The van der Waals surface area contributed by atoms with Crippen molar-refractivity contribution in [3.05, 3.63) is 0 Å². The molecule has 0 spiro atoms. The molecule has 2 heterocycles. The standard InChI is InChI=1S/C15H27N3O2.ClH/c1-12-11-16-7-10-18(12)15(20)4-3-14-5-8-17(9-6-14)13(2)19;/h12,14,16H,3-11H2,1-2H3;1H/t12-;/m1./s1. The molecule has 0 aromatic heterocycles. The quantitative estimate of drug-likeness (QED) is 0.853. The van der Waals surface area contributed by atoms with Crippen LogP contribution in [0.2, 0.25) is 0 Å². The van der Waals surface area contributed by atoms with Gasteiger partial charge in [-0.2, -0.15) is 0 Å². The van der Waals surface area contributed by atoms with Crippen molar-refractivity contribution in [2.24, 2.45) is 5.92 Å². The summed E-state index contributed by atoms with van der Waals surface area (Å²) in [5.41, 5.74) is 0. The van der Waals surface area contributed by atoms with Crippen molar-refractivity contribution in [1.29, 1.82) is 0 Å². The van der Waals surface area contributed by atoms with Gasteiger partial charge in [0.2, 0.25) is 11.8 Å². The summed E-state index contributed by atoms with van der Waals surface area (Å²) in [5, 5.41) is 3.31. The molecule has 0 saturated carbocycles. The van der Waals surface area contributed by atoms with Gasteiger partial charge in [0, 0.05) is 52.1 Å². The fourth-order valence-electron chi connectivity index (χ4n) is 3.22. The first-order chi connectivity index (χ1) is 9.58. The van der Waals surface area contributed by atoms with Crippen molar-refractivity contribution in [3.63, 3.8) is 0 Å². The second-order valence-corrected chi connectivity index (χ2v) is 6.13. The van der Waals surface area contributed by atoms with E-state index in [1.165, 1.54) is 0 Å². The van der Waals surface area contributed by atoms with E-state index in [2.05, 4.69) is 12.2 Å². The smallest absolute Gasteiger partial charge is 0.222 e. The van der Waals surface area contributed by atoms with E-state index >= 15 is 0 Å². The lowest BCUT2D eigenvalue weighted by atomic mass is 9.92. The number of rotatable bonds is 3. The van der Waals surface area contributed by atoms with Crippen molar-refractivity contribution in [1.82, 2.24) is 15.1 Å². The molecular formula is C15H28ClN3O2. The van der Waals surface area contributed by atoms with Crippen molar-refractivity contribution in [2.75, 3.05) is 32.7 Å². The average molecular weight is 318 g/mol. The molecule has 1 N–H and O–H groups in total. The highest BCUT2D eigenvalue weighted by Crippen LogP contribution is 2.22.